The summed E-state index contributed by atoms with van der Waals surface area (Å²) in [6, 6.07) is 9.28. The second kappa shape index (κ2) is 6.25. The van der Waals surface area contributed by atoms with Crippen molar-refractivity contribution < 1.29 is 9.90 Å². The maximum Gasteiger partial charge on any atom is 0.312 e. The first-order chi connectivity index (χ1) is 7.65. The van der Waals surface area contributed by atoms with Crippen LogP contribution in [0.15, 0.2) is 30.3 Å². The summed E-state index contributed by atoms with van der Waals surface area (Å²) < 4.78 is 0. The summed E-state index contributed by atoms with van der Waals surface area (Å²) in [6.07, 6.45) is 0. The highest BCUT2D eigenvalue weighted by Gasteiger charge is 2.20. The number of rotatable bonds is 6. The Morgan fingerprint density at radius 3 is 2.56 bits per heavy atom. The zero-order valence-corrected chi connectivity index (χ0v) is 9.47. The predicted molar refractivity (Wildman–Crippen MR) is 63.4 cm³/mol. The number of aliphatic carboxylic acids is 1. The van der Waals surface area contributed by atoms with Gasteiger partial charge in [0.25, 0.3) is 0 Å². The molecule has 88 valence electrons. The van der Waals surface area contributed by atoms with E-state index in [4.69, 9.17) is 5.73 Å². The van der Waals surface area contributed by atoms with Crippen molar-refractivity contribution in [1.29, 1.82) is 0 Å². The van der Waals surface area contributed by atoms with E-state index in [9.17, 15) is 9.90 Å². The van der Waals surface area contributed by atoms with Crippen LogP contribution in [0.25, 0.3) is 0 Å². The minimum atomic E-state index is -0.796. The molecule has 1 rings (SSSR count). The summed E-state index contributed by atoms with van der Waals surface area (Å²) in [7, 11) is 1.88. The van der Waals surface area contributed by atoms with Crippen LogP contribution in [0.3, 0.4) is 0 Å². The van der Waals surface area contributed by atoms with Gasteiger partial charge in [-0.3, -0.25) is 4.79 Å². The Kier molecular flexibility index (Phi) is 4.95. The lowest BCUT2D eigenvalue weighted by atomic mass is 9.99. The number of carbonyl (C=O) groups is 1. The number of carboxylic acids is 1. The van der Waals surface area contributed by atoms with Crippen molar-refractivity contribution in [2.24, 2.45) is 5.73 Å². The summed E-state index contributed by atoms with van der Waals surface area (Å²) in [6.45, 7) is 1.73. The van der Waals surface area contributed by atoms with Gasteiger partial charge in [0, 0.05) is 19.6 Å². The van der Waals surface area contributed by atoms with Gasteiger partial charge in [-0.15, -0.1) is 0 Å². The van der Waals surface area contributed by atoms with Gasteiger partial charge >= 0.3 is 5.97 Å². The van der Waals surface area contributed by atoms with Crippen LogP contribution in [0, 0.1) is 0 Å². The van der Waals surface area contributed by atoms with Crippen molar-refractivity contribution in [3.8, 4) is 0 Å². The molecule has 3 N–H and O–H groups in total. The lowest BCUT2D eigenvalue weighted by molar-refractivity contribution is -0.139. The number of carboxylic acid groups (broad SMARTS) is 1. The summed E-state index contributed by atoms with van der Waals surface area (Å²) in [5, 5.41) is 9.19. The third kappa shape index (κ3) is 3.64. The molecule has 4 heteroatoms. The lowest BCUT2D eigenvalue weighted by Gasteiger charge is -2.20. The van der Waals surface area contributed by atoms with Crippen molar-refractivity contribution in [3.63, 3.8) is 0 Å². The van der Waals surface area contributed by atoms with Crippen molar-refractivity contribution in [2.75, 3.05) is 26.7 Å². The molecule has 1 unspecified atom stereocenters. The van der Waals surface area contributed by atoms with Gasteiger partial charge in [-0.05, 0) is 12.6 Å². The molecule has 0 aliphatic rings. The molecule has 1 aromatic carbocycles. The first-order valence-electron chi connectivity index (χ1n) is 5.31. The Morgan fingerprint density at radius 2 is 2.06 bits per heavy atom. The van der Waals surface area contributed by atoms with Crippen molar-refractivity contribution >= 4 is 5.97 Å². The van der Waals surface area contributed by atoms with Crippen molar-refractivity contribution in [2.45, 2.75) is 5.92 Å². The van der Waals surface area contributed by atoms with Crippen molar-refractivity contribution in [1.82, 2.24) is 4.90 Å². The van der Waals surface area contributed by atoms with E-state index in [2.05, 4.69) is 0 Å². The van der Waals surface area contributed by atoms with E-state index >= 15 is 0 Å². The van der Waals surface area contributed by atoms with Crippen LogP contribution >= 0.6 is 0 Å². The van der Waals surface area contributed by atoms with E-state index in [-0.39, 0.29) is 0 Å². The van der Waals surface area contributed by atoms with Gasteiger partial charge in [0.05, 0.1) is 5.92 Å². The average molecular weight is 222 g/mol. The van der Waals surface area contributed by atoms with Crippen LogP contribution in [0.4, 0.5) is 0 Å². The van der Waals surface area contributed by atoms with Gasteiger partial charge in [-0.25, -0.2) is 0 Å². The Labute approximate surface area is 95.7 Å². The molecule has 0 bridgehead atoms. The molecular formula is C12H18N2O2. The van der Waals surface area contributed by atoms with Gasteiger partial charge in [0.1, 0.15) is 0 Å². The zero-order chi connectivity index (χ0) is 12.0. The highest BCUT2D eigenvalue weighted by molar-refractivity contribution is 5.76. The molecular weight excluding hydrogens is 204 g/mol. The molecule has 0 saturated heterocycles. The summed E-state index contributed by atoms with van der Waals surface area (Å²) in [5.41, 5.74) is 6.26. The number of nitrogens with two attached hydrogens (primary N) is 1. The van der Waals surface area contributed by atoms with E-state index in [1.54, 1.807) is 0 Å². The van der Waals surface area contributed by atoms with Gasteiger partial charge in [-0.1, -0.05) is 30.3 Å². The largest absolute Gasteiger partial charge is 0.481 e. The SMILES string of the molecule is CN(CCN)CC(C(=O)O)c1ccccc1. The van der Waals surface area contributed by atoms with Gasteiger partial charge in [0.15, 0.2) is 0 Å². The van der Waals surface area contributed by atoms with Gasteiger partial charge in [0.2, 0.25) is 0 Å². The highest BCUT2D eigenvalue weighted by atomic mass is 16.4. The standard InChI is InChI=1S/C12H18N2O2/c1-14(8-7-13)9-11(12(15)16)10-5-3-2-4-6-10/h2-6,11H,7-9,13H2,1H3,(H,15,16). The molecule has 0 aliphatic carbocycles. The lowest BCUT2D eigenvalue weighted by Crippen LogP contribution is -2.32. The van der Waals surface area contributed by atoms with Crippen LogP contribution in [-0.4, -0.2) is 42.7 Å². The Balaban J connectivity index is 2.73. The third-order valence-corrected chi connectivity index (χ3v) is 2.51. The first-order valence-corrected chi connectivity index (χ1v) is 5.31. The monoisotopic (exact) mass is 222 g/mol. The highest BCUT2D eigenvalue weighted by Crippen LogP contribution is 2.16. The van der Waals surface area contributed by atoms with E-state index in [1.165, 1.54) is 0 Å². The number of hydrogen-bond donors (Lipinski definition) is 2. The van der Waals surface area contributed by atoms with Crippen LogP contribution in [0.5, 0.6) is 0 Å². The fourth-order valence-corrected chi connectivity index (χ4v) is 1.63. The van der Waals surface area contributed by atoms with Crippen LogP contribution in [-0.2, 0) is 4.79 Å². The zero-order valence-electron chi connectivity index (χ0n) is 9.47. The molecule has 1 aromatic rings. The minimum Gasteiger partial charge on any atom is -0.481 e. The molecule has 16 heavy (non-hydrogen) atoms. The molecule has 0 amide bonds. The molecule has 0 aromatic heterocycles. The fourth-order valence-electron chi connectivity index (χ4n) is 1.63. The summed E-state index contributed by atoms with van der Waals surface area (Å²) >= 11 is 0. The molecule has 0 fully saturated rings. The molecule has 4 nitrogen and oxygen atoms in total. The van der Waals surface area contributed by atoms with Crippen LogP contribution < -0.4 is 5.73 Å². The number of likely N-dealkylation sites (N-methyl/N-ethyl adjacent to an activating group) is 1. The number of benzene rings is 1. The van der Waals surface area contributed by atoms with Gasteiger partial charge < -0.3 is 15.7 Å². The van der Waals surface area contributed by atoms with Gasteiger partial charge in [-0.2, -0.15) is 0 Å². The second-order valence-corrected chi connectivity index (χ2v) is 3.85. The summed E-state index contributed by atoms with van der Waals surface area (Å²) in [5.74, 6) is -1.28. The normalized spacial score (nSPS) is 12.7. The molecule has 0 radical (unpaired) electrons. The van der Waals surface area contributed by atoms with E-state index in [0.29, 0.717) is 19.6 Å². The molecule has 1 atom stereocenters. The topological polar surface area (TPSA) is 66.6 Å². The minimum absolute atomic E-state index is 0.483. The first kappa shape index (κ1) is 12.7. The molecule has 0 spiro atoms. The molecule has 0 saturated carbocycles. The quantitative estimate of drug-likeness (QED) is 0.745. The van der Waals surface area contributed by atoms with Crippen LogP contribution in [0.2, 0.25) is 0 Å². The molecule has 0 heterocycles. The smallest absolute Gasteiger partial charge is 0.312 e. The maximum absolute atomic E-state index is 11.2. The Bertz CT molecular complexity index is 327. The summed E-state index contributed by atoms with van der Waals surface area (Å²) in [4.78, 5) is 13.1. The van der Waals surface area contributed by atoms with Crippen molar-refractivity contribution in [3.05, 3.63) is 35.9 Å². The second-order valence-electron chi connectivity index (χ2n) is 3.85. The van der Waals surface area contributed by atoms with Crippen LogP contribution in [0.1, 0.15) is 11.5 Å². The van der Waals surface area contributed by atoms with E-state index in [1.807, 2.05) is 42.3 Å². The van der Waals surface area contributed by atoms with E-state index in [0.717, 1.165) is 5.56 Å². The average Bonchev–Trinajstić information content (AvgIpc) is 2.27. The maximum atomic E-state index is 11.2. The number of hydrogen-bond acceptors (Lipinski definition) is 3. The number of nitrogens with zero attached hydrogens (tertiary/aromatic N) is 1. The Hall–Kier alpha value is -1.39. The fraction of sp³-hybridized carbons (Fsp3) is 0.417. The Morgan fingerprint density at radius 1 is 1.44 bits per heavy atom. The molecule has 0 aliphatic heterocycles. The third-order valence-electron chi connectivity index (χ3n) is 2.51. The van der Waals surface area contributed by atoms with E-state index < -0.39 is 11.9 Å². The predicted octanol–water partition coefficient (Wildman–Crippen LogP) is 0.745.